The van der Waals surface area contributed by atoms with Gasteiger partial charge in [-0.1, -0.05) is 32.3 Å². The van der Waals surface area contributed by atoms with Crippen LogP contribution in [0.4, 0.5) is 0 Å². The molecule has 132 valence electrons. The molecule has 24 heavy (non-hydrogen) atoms. The minimum atomic E-state index is -3.52. The third-order valence-electron chi connectivity index (χ3n) is 4.67. The first-order valence-corrected chi connectivity index (χ1v) is 11.0. The molecule has 0 radical (unpaired) electrons. The fourth-order valence-corrected chi connectivity index (χ4v) is 5.30. The normalized spacial score (nSPS) is 16.3. The van der Waals surface area contributed by atoms with E-state index in [1.165, 1.54) is 28.5 Å². The van der Waals surface area contributed by atoms with Crippen LogP contribution in [-0.4, -0.2) is 36.1 Å². The van der Waals surface area contributed by atoms with Gasteiger partial charge in [0.25, 0.3) is 0 Å². The summed E-state index contributed by atoms with van der Waals surface area (Å²) in [4.78, 5) is 1.25. The monoisotopic (exact) mass is 367 g/mol. The summed E-state index contributed by atoms with van der Waals surface area (Å²) >= 11 is 1.53. The molecule has 1 saturated carbocycles. The van der Waals surface area contributed by atoms with Crippen LogP contribution in [0, 0.1) is 0 Å². The van der Waals surface area contributed by atoms with Gasteiger partial charge in [-0.3, -0.25) is 4.68 Å². The molecule has 0 unspecified atom stereocenters. The Morgan fingerprint density at radius 1 is 1.38 bits per heavy atom. The lowest BCUT2D eigenvalue weighted by molar-refractivity contribution is 0.456. The van der Waals surface area contributed by atoms with Crippen molar-refractivity contribution in [1.82, 2.24) is 14.1 Å². The first-order chi connectivity index (χ1) is 11.5. The Kier molecular flexibility index (Phi) is 5.42. The van der Waals surface area contributed by atoms with E-state index in [-0.39, 0.29) is 0 Å². The number of hydrogen-bond donors (Lipinski definition) is 0. The Bertz CT molecular complexity index is 760. The van der Waals surface area contributed by atoms with Gasteiger partial charge in [0.1, 0.15) is 10.6 Å². The molecule has 1 fully saturated rings. The number of nitrogens with zero attached hydrogens (tertiary/aromatic N) is 3. The van der Waals surface area contributed by atoms with Crippen molar-refractivity contribution in [3.8, 4) is 10.6 Å². The van der Waals surface area contributed by atoms with Crippen LogP contribution in [0.3, 0.4) is 0 Å². The molecule has 0 saturated heterocycles. The second-order valence-electron chi connectivity index (χ2n) is 6.42. The summed E-state index contributed by atoms with van der Waals surface area (Å²) in [6.45, 7) is 2.60. The molecule has 1 aliphatic carbocycles. The molecule has 5 nitrogen and oxygen atoms in total. The Hall–Kier alpha value is -1.18. The van der Waals surface area contributed by atoms with Crippen molar-refractivity contribution in [3.05, 3.63) is 23.7 Å². The number of hydrogen-bond acceptors (Lipinski definition) is 4. The summed E-state index contributed by atoms with van der Waals surface area (Å²) in [5, 5.41) is 6.64. The molecule has 0 N–H and O–H groups in total. The second-order valence-corrected chi connectivity index (χ2v) is 9.38. The molecule has 0 aliphatic heterocycles. The van der Waals surface area contributed by atoms with Gasteiger partial charge < -0.3 is 0 Å². The van der Waals surface area contributed by atoms with Crippen molar-refractivity contribution in [3.63, 3.8) is 0 Å². The van der Waals surface area contributed by atoms with Crippen LogP contribution in [-0.2, 0) is 10.0 Å². The second kappa shape index (κ2) is 7.37. The number of unbranched alkanes of at least 4 members (excludes halogenated alkanes) is 1. The highest BCUT2D eigenvalue weighted by Crippen LogP contribution is 2.35. The third kappa shape index (κ3) is 3.43. The van der Waals surface area contributed by atoms with Gasteiger partial charge >= 0.3 is 0 Å². The Labute approximate surface area is 148 Å². The summed E-state index contributed by atoms with van der Waals surface area (Å²) in [6, 6.07) is 4.21. The van der Waals surface area contributed by atoms with Gasteiger partial charge in [-0.05, 0) is 30.7 Å². The molecule has 0 aromatic carbocycles. The molecular weight excluding hydrogens is 342 g/mol. The molecule has 2 heterocycles. The molecule has 0 amide bonds. The van der Waals surface area contributed by atoms with Crippen LogP contribution in [0.2, 0.25) is 0 Å². The summed E-state index contributed by atoms with van der Waals surface area (Å²) in [7, 11) is -1.86. The van der Waals surface area contributed by atoms with Crippen LogP contribution in [0.1, 0.15) is 51.5 Å². The predicted molar refractivity (Wildman–Crippen MR) is 97.8 cm³/mol. The molecule has 3 rings (SSSR count). The third-order valence-corrected chi connectivity index (χ3v) is 7.40. The molecule has 0 spiro atoms. The zero-order chi connectivity index (χ0) is 17.2. The molecule has 1 aliphatic rings. The number of rotatable bonds is 7. The highest BCUT2D eigenvalue weighted by atomic mass is 32.2. The molecule has 2 aromatic rings. The maximum atomic E-state index is 13.1. The number of thiophene rings is 1. The van der Waals surface area contributed by atoms with E-state index in [4.69, 9.17) is 0 Å². The lowest BCUT2D eigenvalue weighted by Crippen LogP contribution is -2.28. The van der Waals surface area contributed by atoms with Crippen molar-refractivity contribution >= 4 is 21.4 Å². The largest absolute Gasteiger partial charge is 0.268 e. The summed E-state index contributed by atoms with van der Waals surface area (Å²) < 4.78 is 29.5. The highest BCUT2D eigenvalue weighted by Gasteiger charge is 2.30. The van der Waals surface area contributed by atoms with Gasteiger partial charge in [-0.25, -0.2) is 12.7 Å². The van der Waals surface area contributed by atoms with E-state index in [1.54, 1.807) is 13.2 Å². The Morgan fingerprint density at radius 3 is 2.75 bits per heavy atom. The van der Waals surface area contributed by atoms with Gasteiger partial charge in [0.05, 0.1) is 10.9 Å². The SMILES string of the molecule is CCCCN(C)S(=O)(=O)c1cn(C2CCCC2)nc1-c1cccs1. The molecule has 0 atom stereocenters. The van der Waals surface area contributed by atoms with E-state index in [2.05, 4.69) is 12.0 Å². The van der Waals surface area contributed by atoms with Crippen LogP contribution in [0.5, 0.6) is 0 Å². The maximum absolute atomic E-state index is 13.1. The topological polar surface area (TPSA) is 55.2 Å². The van der Waals surface area contributed by atoms with Gasteiger partial charge in [-0.15, -0.1) is 11.3 Å². The van der Waals surface area contributed by atoms with Gasteiger partial charge in [0.2, 0.25) is 10.0 Å². The van der Waals surface area contributed by atoms with E-state index >= 15 is 0 Å². The standard InChI is InChI=1S/C17H25N3O2S2/c1-3-4-11-19(2)24(21,22)16-13-20(14-8-5-6-9-14)18-17(16)15-10-7-12-23-15/h7,10,12-14H,3-6,8-9,11H2,1-2H3. The average Bonchev–Trinajstić information content (AvgIpc) is 3.32. The van der Waals surface area contributed by atoms with E-state index in [9.17, 15) is 8.42 Å². The van der Waals surface area contributed by atoms with Crippen LogP contribution < -0.4 is 0 Å². The van der Waals surface area contributed by atoms with E-state index in [0.29, 0.717) is 23.2 Å². The highest BCUT2D eigenvalue weighted by molar-refractivity contribution is 7.89. The smallest absolute Gasteiger partial charge is 0.246 e. The fourth-order valence-electron chi connectivity index (χ4n) is 3.17. The number of aromatic nitrogens is 2. The van der Waals surface area contributed by atoms with Crippen LogP contribution >= 0.6 is 11.3 Å². The molecule has 7 heteroatoms. The summed E-state index contributed by atoms with van der Waals surface area (Å²) in [5.74, 6) is 0. The van der Waals surface area contributed by atoms with Gasteiger partial charge in [0, 0.05) is 19.8 Å². The Morgan fingerprint density at radius 2 is 2.12 bits per heavy atom. The first kappa shape index (κ1) is 17.6. The zero-order valence-corrected chi connectivity index (χ0v) is 15.9. The van der Waals surface area contributed by atoms with Crippen molar-refractivity contribution < 1.29 is 8.42 Å². The minimum Gasteiger partial charge on any atom is -0.268 e. The van der Waals surface area contributed by atoms with Crippen LogP contribution in [0.15, 0.2) is 28.6 Å². The van der Waals surface area contributed by atoms with Crippen molar-refractivity contribution in [2.24, 2.45) is 0 Å². The van der Waals surface area contributed by atoms with E-state index in [1.807, 2.05) is 22.2 Å². The van der Waals surface area contributed by atoms with Crippen LogP contribution in [0.25, 0.3) is 10.6 Å². The fraction of sp³-hybridized carbons (Fsp3) is 0.588. The lowest BCUT2D eigenvalue weighted by Gasteiger charge is -2.16. The Balaban J connectivity index is 2.01. The van der Waals surface area contributed by atoms with E-state index < -0.39 is 10.0 Å². The number of sulfonamides is 1. The summed E-state index contributed by atoms with van der Waals surface area (Å²) in [5.41, 5.74) is 0.597. The summed E-state index contributed by atoms with van der Waals surface area (Å²) in [6.07, 6.45) is 8.13. The average molecular weight is 368 g/mol. The molecule has 0 bridgehead atoms. The maximum Gasteiger partial charge on any atom is 0.246 e. The lowest BCUT2D eigenvalue weighted by atomic mass is 10.3. The minimum absolute atomic E-state index is 0.327. The van der Waals surface area contributed by atoms with Crippen molar-refractivity contribution in [2.75, 3.05) is 13.6 Å². The zero-order valence-electron chi connectivity index (χ0n) is 14.3. The van der Waals surface area contributed by atoms with E-state index in [0.717, 1.165) is 30.6 Å². The predicted octanol–water partition coefficient (Wildman–Crippen LogP) is 4.15. The molecular formula is C17H25N3O2S2. The molecule has 2 aromatic heterocycles. The van der Waals surface area contributed by atoms with Gasteiger partial charge in [0.15, 0.2) is 0 Å². The first-order valence-electron chi connectivity index (χ1n) is 8.63. The van der Waals surface area contributed by atoms with Gasteiger partial charge in [-0.2, -0.15) is 5.10 Å². The van der Waals surface area contributed by atoms with Crippen molar-refractivity contribution in [2.45, 2.75) is 56.4 Å². The quantitative estimate of drug-likeness (QED) is 0.739. The van der Waals surface area contributed by atoms with Crippen molar-refractivity contribution in [1.29, 1.82) is 0 Å².